The van der Waals surface area contributed by atoms with Gasteiger partial charge in [0.1, 0.15) is 11.6 Å². The first-order valence-electron chi connectivity index (χ1n) is 7.76. The Bertz CT molecular complexity index is 1040. The molecule has 0 spiro atoms. The van der Waals surface area contributed by atoms with Crippen LogP contribution in [-0.2, 0) is 0 Å². The molecule has 1 heterocycles. The fraction of sp³-hybridized carbons (Fsp3) is 0.0526. The van der Waals surface area contributed by atoms with Crippen molar-refractivity contribution in [1.82, 2.24) is 0 Å². The zero-order valence-corrected chi connectivity index (χ0v) is 16.9. The molecule has 8 heteroatoms. The molecule has 0 fully saturated rings. The van der Waals surface area contributed by atoms with Crippen molar-refractivity contribution in [1.29, 1.82) is 0 Å². The summed E-state index contributed by atoms with van der Waals surface area (Å²) in [5.41, 5.74) is 1.00. The molecule has 3 rings (SSSR count). The van der Waals surface area contributed by atoms with Crippen LogP contribution in [0.15, 0.2) is 53.1 Å². The van der Waals surface area contributed by atoms with Crippen LogP contribution in [0.25, 0.3) is 0 Å². The fourth-order valence-corrected chi connectivity index (χ4v) is 2.98. The first-order chi connectivity index (χ1) is 12.8. The number of anilines is 2. The molecule has 27 heavy (non-hydrogen) atoms. The van der Waals surface area contributed by atoms with Crippen molar-refractivity contribution in [2.24, 2.45) is 0 Å². The molecule has 2 amide bonds. The van der Waals surface area contributed by atoms with Gasteiger partial charge >= 0.3 is 0 Å². The lowest BCUT2D eigenvalue weighted by molar-refractivity contribution is 0.101. The molecule has 1 aromatic heterocycles. The molecule has 5 nitrogen and oxygen atoms in total. The lowest BCUT2D eigenvalue weighted by Gasteiger charge is -2.10. The Morgan fingerprint density at radius 2 is 1.85 bits per heavy atom. The van der Waals surface area contributed by atoms with E-state index in [-0.39, 0.29) is 11.6 Å². The van der Waals surface area contributed by atoms with Gasteiger partial charge in [0.25, 0.3) is 11.8 Å². The van der Waals surface area contributed by atoms with E-state index in [4.69, 9.17) is 16.0 Å². The molecule has 0 aliphatic rings. The molecule has 3 aromatic rings. The van der Waals surface area contributed by atoms with Crippen LogP contribution in [0.2, 0.25) is 5.02 Å². The number of carbonyl (C=O) groups is 2. The number of carbonyl (C=O) groups excluding carboxylic acids is 2. The van der Waals surface area contributed by atoms with Gasteiger partial charge in [-0.15, -0.1) is 0 Å². The second kappa shape index (κ2) is 8.10. The Kier molecular flexibility index (Phi) is 5.81. The molecular weight excluding hydrogens is 486 g/mol. The van der Waals surface area contributed by atoms with Crippen molar-refractivity contribution in [3.8, 4) is 0 Å². The number of amides is 2. The molecule has 2 aromatic carbocycles. The third-order valence-electron chi connectivity index (χ3n) is 3.76. The van der Waals surface area contributed by atoms with E-state index < -0.39 is 11.7 Å². The van der Waals surface area contributed by atoms with Gasteiger partial charge in [-0.05, 0) is 72.0 Å². The summed E-state index contributed by atoms with van der Waals surface area (Å²) in [6, 6.07) is 10.3. The number of aryl methyl sites for hydroxylation is 1. The largest absolute Gasteiger partial charge is 0.469 e. The van der Waals surface area contributed by atoms with Gasteiger partial charge in [0, 0.05) is 14.8 Å². The highest BCUT2D eigenvalue weighted by atomic mass is 127. The van der Waals surface area contributed by atoms with E-state index in [9.17, 15) is 14.0 Å². The average molecular weight is 499 g/mol. The van der Waals surface area contributed by atoms with Gasteiger partial charge in [-0.25, -0.2) is 4.39 Å². The quantitative estimate of drug-likeness (QED) is 0.467. The normalized spacial score (nSPS) is 10.5. The first-order valence-corrected chi connectivity index (χ1v) is 9.22. The second-order valence-corrected chi connectivity index (χ2v) is 7.19. The number of hydrogen-bond acceptors (Lipinski definition) is 3. The number of halogens is 3. The van der Waals surface area contributed by atoms with Gasteiger partial charge in [-0.2, -0.15) is 0 Å². The predicted molar refractivity (Wildman–Crippen MR) is 110 cm³/mol. The summed E-state index contributed by atoms with van der Waals surface area (Å²) in [6.45, 7) is 1.63. The van der Waals surface area contributed by atoms with Gasteiger partial charge in [-0.3, -0.25) is 9.59 Å². The van der Waals surface area contributed by atoms with Gasteiger partial charge in [0.2, 0.25) is 0 Å². The van der Waals surface area contributed by atoms with Crippen LogP contribution >= 0.6 is 34.2 Å². The van der Waals surface area contributed by atoms with Crippen LogP contribution in [0.4, 0.5) is 15.8 Å². The molecule has 0 aliphatic heterocycles. The summed E-state index contributed by atoms with van der Waals surface area (Å²) in [4.78, 5) is 24.6. The van der Waals surface area contributed by atoms with E-state index in [0.717, 1.165) is 3.57 Å². The maximum atomic E-state index is 14.1. The number of furan rings is 1. The van der Waals surface area contributed by atoms with Crippen molar-refractivity contribution >= 4 is 57.4 Å². The third kappa shape index (κ3) is 4.48. The lowest BCUT2D eigenvalue weighted by atomic mass is 10.2. The minimum Gasteiger partial charge on any atom is -0.469 e. The molecule has 0 saturated heterocycles. The third-order valence-corrected chi connectivity index (χ3v) is 5.30. The van der Waals surface area contributed by atoms with Crippen LogP contribution in [0.1, 0.15) is 26.5 Å². The molecule has 138 valence electrons. The summed E-state index contributed by atoms with van der Waals surface area (Å²) in [5.74, 6) is -1.08. The first kappa shape index (κ1) is 19.4. The Balaban J connectivity index is 1.78. The van der Waals surface area contributed by atoms with E-state index in [1.807, 2.05) is 22.6 Å². The van der Waals surface area contributed by atoms with Crippen molar-refractivity contribution < 1.29 is 18.4 Å². The molecule has 0 aliphatic carbocycles. The van der Waals surface area contributed by atoms with Crippen molar-refractivity contribution in [2.45, 2.75) is 6.92 Å². The molecule has 0 radical (unpaired) electrons. The topological polar surface area (TPSA) is 71.3 Å². The summed E-state index contributed by atoms with van der Waals surface area (Å²) in [5, 5.41) is 5.70. The van der Waals surface area contributed by atoms with E-state index in [1.165, 1.54) is 30.5 Å². The molecule has 0 bridgehead atoms. The van der Waals surface area contributed by atoms with E-state index in [2.05, 4.69) is 10.6 Å². The lowest BCUT2D eigenvalue weighted by Crippen LogP contribution is -2.15. The predicted octanol–water partition coefficient (Wildman–Crippen LogP) is 5.49. The Hall–Kier alpha value is -2.39. The van der Waals surface area contributed by atoms with Crippen molar-refractivity contribution in [2.75, 3.05) is 10.6 Å². The Morgan fingerprint density at radius 1 is 1.07 bits per heavy atom. The summed E-state index contributed by atoms with van der Waals surface area (Å²) >= 11 is 7.99. The zero-order valence-electron chi connectivity index (χ0n) is 14.0. The van der Waals surface area contributed by atoms with E-state index in [1.54, 1.807) is 25.1 Å². The smallest absolute Gasteiger partial charge is 0.259 e. The summed E-state index contributed by atoms with van der Waals surface area (Å²) in [6.07, 6.45) is 1.38. The van der Waals surface area contributed by atoms with Crippen molar-refractivity contribution in [3.63, 3.8) is 0 Å². The van der Waals surface area contributed by atoms with E-state index >= 15 is 0 Å². The van der Waals surface area contributed by atoms with E-state index in [0.29, 0.717) is 27.6 Å². The highest BCUT2D eigenvalue weighted by Gasteiger charge is 2.15. The maximum Gasteiger partial charge on any atom is 0.259 e. The minimum absolute atomic E-state index is 0.0518. The number of benzene rings is 2. The second-order valence-electron chi connectivity index (χ2n) is 5.62. The van der Waals surface area contributed by atoms with Gasteiger partial charge in [0.15, 0.2) is 0 Å². The number of rotatable bonds is 4. The molecule has 0 atom stereocenters. The maximum absolute atomic E-state index is 14.1. The highest BCUT2D eigenvalue weighted by molar-refractivity contribution is 14.1. The fourth-order valence-electron chi connectivity index (χ4n) is 2.35. The number of hydrogen-bond donors (Lipinski definition) is 2. The molecule has 2 N–H and O–H groups in total. The molecular formula is C19H13ClFIN2O3. The molecule has 0 unspecified atom stereocenters. The Morgan fingerprint density at radius 3 is 2.52 bits per heavy atom. The van der Waals surface area contributed by atoms with Gasteiger partial charge < -0.3 is 15.1 Å². The Labute approximate surface area is 173 Å². The summed E-state index contributed by atoms with van der Waals surface area (Å²) < 4.78 is 19.9. The van der Waals surface area contributed by atoms with Crippen LogP contribution in [0.5, 0.6) is 0 Å². The monoisotopic (exact) mass is 498 g/mol. The average Bonchev–Trinajstić information content (AvgIpc) is 3.06. The minimum atomic E-state index is -0.622. The zero-order chi connectivity index (χ0) is 19.6. The summed E-state index contributed by atoms with van der Waals surface area (Å²) in [7, 11) is 0. The highest BCUT2D eigenvalue weighted by Crippen LogP contribution is 2.23. The molecule has 0 saturated carbocycles. The van der Waals surface area contributed by atoms with Crippen LogP contribution in [0.3, 0.4) is 0 Å². The standard InChI is InChI=1S/C19H13ClFIN2O3/c1-10-13(6-7-27-10)19(26)24-17-9-12(3-5-15(17)21)23-18(25)11-2-4-14(20)16(22)8-11/h2-9H,1H3,(H,23,25)(H,24,26). The van der Waals surface area contributed by atoms with Crippen LogP contribution in [-0.4, -0.2) is 11.8 Å². The van der Waals surface area contributed by atoms with Gasteiger partial charge in [0.05, 0.1) is 22.5 Å². The SMILES string of the molecule is Cc1occc1C(=O)Nc1cc(NC(=O)c2ccc(Cl)c(I)c2)ccc1F. The van der Waals surface area contributed by atoms with Gasteiger partial charge in [-0.1, -0.05) is 11.6 Å². The number of nitrogens with one attached hydrogen (secondary N) is 2. The van der Waals surface area contributed by atoms with Crippen LogP contribution < -0.4 is 10.6 Å². The van der Waals surface area contributed by atoms with Crippen molar-refractivity contribution in [3.05, 3.63) is 80.0 Å². The van der Waals surface area contributed by atoms with Crippen LogP contribution in [0, 0.1) is 16.3 Å².